The predicted octanol–water partition coefficient (Wildman–Crippen LogP) is 0.774. The maximum Gasteiger partial charge on any atom is 0.238 e. The molecule has 0 bridgehead atoms. The van der Waals surface area contributed by atoms with Gasteiger partial charge in [0.2, 0.25) is 5.91 Å². The summed E-state index contributed by atoms with van der Waals surface area (Å²) in [7, 11) is 3.43. The second-order valence-electron chi connectivity index (χ2n) is 4.36. The average molecular weight is 249 g/mol. The number of carbonyl (C=O) groups is 1. The lowest BCUT2D eigenvalue weighted by Gasteiger charge is -2.29. The standard InChI is InChI=1S/C13H19N3O2/c1-15-13(17)9-12(16(15)8-7-14)10-3-5-11(18-2)6-4-10/h3-6,12H,7-9,14H2,1-2H3. The lowest BCUT2D eigenvalue weighted by atomic mass is 10.0. The Labute approximate surface area is 107 Å². The van der Waals surface area contributed by atoms with Crippen LogP contribution in [0.1, 0.15) is 18.0 Å². The molecule has 0 aromatic heterocycles. The number of hydrazine groups is 1. The number of nitrogens with two attached hydrogens (primary N) is 1. The fourth-order valence-corrected chi connectivity index (χ4v) is 2.31. The van der Waals surface area contributed by atoms with Gasteiger partial charge in [-0.15, -0.1) is 0 Å². The molecule has 5 heteroatoms. The van der Waals surface area contributed by atoms with Crippen molar-refractivity contribution in [2.45, 2.75) is 12.5 Å². The summed E-state index contributed by atoms with van der Waals surface area (Å²) in [6, 6.07) is 7.91. The Morgan fingerprint density at radius 2 is 2.06 bits per heavy atom. The smallest absolute Gasteiger partial charge is 0.238 e. The first-order valence-electron chi connectivity index (χ1n) is 6.04. The third-order valence-electron chi connectivity index (χ3n) is 3.33. The van der Waals surface area contributed by atoms with Crippen molar-refractivity contribution in [2.24, 2.45) is 5.73 Å². The van der Waals surface area contributed by atoms with Gasteiger partial charge in [0, 0.05) is 26.6 Å². The molecule has 18 heavy (non-hydrogen) atoms. The van der Waals surface area contributed by atoms with Crippen LogP contribution >= 0.6 is 0 Å². The monoisotopic (exact) mass is 249 g/mol. The summed E-state index contributed by atoms with van der Waals surface area (Å²) in [5.41, 5.74) is 6.72. The molecular formula is C13H19N3O2. The van der Waals surface area contributed by atoms with Gasteiger partial charge in [-0.25, -0.2) is 5.01 Å². The first-order chi connectivity index (χ1) is 8.67. The van der Waals surface area contributed by atoms with Gasteiger partial charge in [0.15, 0.2) is 0 Å². The predicted molar refractivity (Wildman–Crippen MR) is 68.9 cm³/mol. The van der Waals surface area contributed by atoms with Crippen LogP contribution in [0.5, 0.6) is 5.75 Å². The largest absolute Gasteiger partial charge is 0.497 e. The Morgan fingerprint density at radius 1 is 1.39 bits per heavy atom. The second-order valence-corrected chi connectivity index (χ2v) is 4.36. The summed E-state index contributed by atoms with van der Waals surface area (Å²) in [4.78, 5) is 11.8. The van der Waals surface area contributed by atoms with Gasteiger partial charge in [-0.3, -0.25) is 9.80 Å². The van der Waals surface area contributed by atoms with E-state index >= 15 is 0 Å². The maximum atomic E-state index is 11.8. The number of hydrogen-bond acceptors (Lipinski definition) is 4. The lowest BCUT2D eigenvalue weighted by molar-refractivity contribution is -0.135. The third kappa shape index (κ3) is 2.32. The van der Waals surface area contributed by atoms with E-state index in [1.807, 2.05) is 29.3 Å². The Bertz CT molecular complexity index is 419. The fourth-order valence-electron chi connectivity index (χ4n) is 2.31. The van der Waals surface area contributed by atoms with E-state index in [1.165, 1.54) is 0 Å². The van der Waals surface area contributed by atoms with Gasteiger partial charge in [0.05, 0.1) is 13.2 Å². The Hall–Kier alpha value is -1.59. The molecule has 1 aliphatic heterocycles. The van der Waals surface area contributed by atoms with Crippen LogP contribution in [0, 0.1) is 0 Å². The molecule has 0 radical (unpaired) electrons. The summed E-state index contributed by atoms with van der Waals surface area (Å²) in [5, 5.41) is 3.69. The first-order valence-corrected chi connectivity index (χ1v) is 6.04. The zero-order chi connectivity index (χ0) is 13.1. The van der Waals surface area contributed by atoms with E-state index in [0.717, 1.165) is 11.3 Å². The van der Waals surface area contributed by atoms with Crippen LogP contribution in [-0.2, 0) is 4.79 Å². The highest BCUT2D eigenvalue weighted by Gasteiger charge is 2.35. The summed E-state index contributed by atoms with van der Waals surface area (Å²) in [6.07, 6.45) is 0.503. The summed E-state index contributed by atoms with van der Waals surface area (Å²) in [6.45, 7) is 1.21. The molecule has 1 aliphatic rings. The highest BCUT2D eigenvalue weighted by Crippen LogP contribution is 2.32. The highest BCUT2D eigenvalue weighted by molar-refractivity contribution is 5.78. The van der Waals surface area contributed by atoms with Gasteiger partial charge in [-0.1, -0.05) is 12.1 Å². The van der Waals surface area contributed by atoms with Crippen molar-refractivity contribution in [1.29, 1.82) is 0 Å². The SMILES string of the molecule is COc1ccc(C2CC(=O)N(C)N2CCN)cc1. The molecule has 1 amide bonds. The maximum absolute atomic E-state index is 11.8. The molecule has 1 saturated heterocycles. The third-order valence-corrected chi connectivity index (χ3v) is 3.33. The molecule has 1 atom stereocenters. The molecule has 0 saturated carbocycles. The van der Waals surface area contributed by atoms with Crippen LogP contribution in [0.4, 0.5) is 0 Å². The number of hydrogen-bond donors (Lipinski definition) is 1. The molecule has 0 spiro atoms. The molecule has 1 unspecified atom stereocenters. The minimum absolute atomic E-state index is 0.0805. The number of nitrogens with zero attached hydrogens (tertiary/aromatic N) is 2. The van der Waals surface area contributed by atoms with E-state index in [2.05, 4.69) is 0 Å². The van der Waals surface area contributed by atoms with E-state index in [4.69, 9.17) is 10.5 Å². The van der Waals surface area contributed by atoms with Crippen molar-refractivity contribution in [3.05, 3.63) is 29.8 Å². The Balaban J connectivity index is 2.21. The molecule has 0 aliphatic carbocycles. The van der Waals surface area contributed by atoms with Crippen molar-refractivity contribution >= 4 is 5.91 Å². The number of amides is 1. The van der Waals surface area contributed by atoms with Gasteiger partial charge in [-0.2, -0.15) is 0 Å². The lowest BCUT2D eigenvalue weighted by Crippen LogP contribution is -2.39. The molecular weight excluding hydrogens is 230 g/mol. The Kier molecular flexibility index (Phi) is 3.84. The molecule has 5 nitrogen and oxygen atoms in total. The van der Waals surface area contributed by atoms with Crippen molar-refractivity contribution in [1.82, 2.24) is 10.0 Å². The zero-order valence-corrected chi connectivity index (χ0v) is 10.8. The average Bonchev–Trinajstić information content (AvgIpc) is 2.68. The van der Waals surface area contributed by atoms with E-state index in [9.17, 15) is 4.79 Å². The number of methoxy groups -OCH3 is 1. The van der Waals surface area contributed by atoms with Crippen LogP contribution in [0.3, 0.4) is 0 Å². The number of benzene rings is 1. The molecule has 1 fully saturated rings. The van der Waals surface area contributed by atoms with Gasteiger partial charge in [0.25, 0.3) is 0 Å². The summed E-state index contributed by atoms with van der Waals surface area (Å²) in [5.74, 6) is 0.950. The van der Waals surface area contributed by atoms with Gasteiger partial charge in [-0.05, 0) is 17.7 Å². The van der Waals surface area contributed by atoms with Gasteiger partial charge >= 0.3 is 0 Å². The fraction of sp³-hybridized carbons (Fsp3) is 0.462. The molecule has 2 rings (SSSR count). The normalized spacial score (nSPS) is 20.5. The van der Waals surface area contributed by atoms with Crippen LogP contribution in [-0.4, -0.2) is 43.2 Å². The summed E-state index contributed by atoms with van der Waals surface area (Å²) >= 11 is 0. The zero-order valence-electron chi connectivity index (χ0n) is 10.8. The quantitative estimate of drug-likeness (QED) is 0.856. The van der Waals surface area contributed by atoms with Gasteiger partial charge in [0.1, 0.15) is 5.75 Å². The molecule has 2 N–H and O–H groups in total. The number of rotatable bonds is 4. The number of ether oxygens (including phenoxy) is 1. The minimum Gasteiger partial charge on any atom is -0.497 e. The van der Waals surface area contributed by atoms with Crippen molar-refractivity contribution < 1.29 is 9.53 Å². The molecule has 1 aromatic carbocycles. The molecule has 98 valence electrons. The minimum atomic E-state index is 0.0805. The van der Waals surface area contributed by atoms with Crippen molar-refractivity contribution in [2.75, 3.05) is 27.2 Å². The molecule has 1 aromatic rings. The molecule has 1 heterocycles. The van der Waals surface area contributed by atoms with Crippen LogP contribution in [0.25, 0.3) is 0 Å². The van der Waals surface area contributed by atoms with Crippen LogP contribution in [0.15, 0.2) is 24.3 Å². The van der Waals surface area contributed by atoms with E-state index in [1.54, 1.807) is 19.2 Å². The highest BCUT2D eigenvalue weighted by atomic mass is 16.5. The van der Waals surface area contributed by atoms with Crippen LogP contribution in [0.2, 0.25) is 0 Å². The first kappa shape index (κ1) is 12.9. The van der Waals surface area contributed by atoms with E-state index < -0.39 is 0 Å². The van der Waals surface area contributed by atoms with Crippen molar-refractivity contribution in [3.63, 3.8) is 0 Å². The van der Waals surface area contributed by atoms with E-state index in [-0.39, 0.29) is 11.9 Å². The Morgan fingerprint density at radius 3 is 2.61 bits per heavy atom. The van der Waals surface area contributed by atoms with Crippen molar-refractivity contribution in [3.8, 4) is 5.75 Å². The topological polar surface area (TPSA) is 58.8 Å². The summed E-state index contributed by atoms with van der Waals surface area (Å²) < 4.78 is 5.14. The van der Waals surface area contributed by atoms with Gasteiger partial charge < -0.3 is 10.5 Å². The van der Waals surface area contributed by atoms with E-state index in [0.29, 0.717) is 19.5 Å². The number of carbonyl (C=O) groups excluding carboxylic acids is 1. The van der Waals surface area contributed by atoms with Crippen LogP contribution < -0.4 is 10.5 Å². The second kappa shape index (κ2) is 5.37.